The Hall–Kier alpha value is -2.72. The summed E-state index contributed by atoms with van der Waals surface area (Å²) in [4.78, 5) is 0. The number of hydrogen-bond acceptors (Lipinski definition) is 3. The summed E-state index contributed by atoms with van der Waals surface area (Å²) in [6.45, 7) is 9.88. The molecule has 4 heteroatoms. The zero-order valence-corrected chi connectivity index (χ0v) is 19.9. The van der Waals surface area contributed by atoms with Crippen LogP contribution in [0.3, 0.4) is 0 Å². The molecule has 0 fully saturated rings. The molecule has 0 heterocycles. The van der Waals surface area contributed by atoms with Crippen LogP contribution in [0, 0.1) is 0 Å². The fourth-order valence-corrected chi connectivity index (χ4v) is 3.76. The summed E-state index contributed by atoms with van der Waals surface area (Å²) in [6.07, 6.45) is 3.62. The lowest BCUT2D eigenvalue weighted by atomic mass is 10.0. The Morgan fingerprint density at radius 2 is 1.71 bits per heavy atom. The minimum absolute atomic E-state index is 0.485. The molecule has 0 spiro atoms. The quantitative estimate of drug-likeness (QED) is 0.292. The molecule has 3 aromatic carbocycles. The lowest BCUT2D eigenvalue weighted by molar-refractivity contribution is 0.267. The van der Waals surface area contributed by atoms with Gasteiger partial charge in [-0.1, -0.05) is 59.3 Å². The number of anilines is 1. The molecule has 0 saturated carbocycles. The molecular weight excluding hydrogens is 450 g/mol. The van der Waals surface area contributed by atoms with Crippen molar-refractivity contribution in [3.63, 3.8) is 0 Å². The van der Waals surface area contributed by atoms with Crippen molar-refractivity contribution in [1.29, 1.82) is 0 Å². The Labute approximate surface area is 194 Å². The van der Waals surface area contributed by atoms with Crippen LogP contribution in [-0.4, -0.2) is 6.61 Å². The number of benzene rings is 3. The van der Waals surface area contributed by atoms with Crippen molar-refractivity contribution in [3.8, 4) is 11.5 Å². The highest BCUT2D eigenvalue weighted by Gasteiger charge is 2.14. The van der Waals surface area contributed by atoms with Crippen LogP contribution in [0.1, 0.15) is 36.1 Å². The molecule has 0 bridgehead atoms. The molecule has 3 nitrogen and oxygen atoms in total. The molecule has 3 aromatic rings. The fourth-order valence-electron chi connectivity index (χ4n) is 3.49. The van der Waals surface area contributed by atoms with E-state index < -0.39 is 0 Å². The first kappa shape index (κ1) is 23.0. The van der Waals surface area contributed by atoms with Gasteiger partial charge in [-0.2, -0.15) is 0 Å². The number of halogens is 1. The Morgan fingerprint density at radius 3 is 2.42 bits per heavy atom. The first-order valence-corrected chi connectivity index (χ1v) is 11.5. The third-order valence-corrected chi connectivity index (χ3v) is 5.56. The van der Waals surface area contributed by atoms with Gasteiger partial charge in [-0.25, -0.2) is 0 Å². The number of ether oxygens (including phenoxy) is 2. The molecule has 0 amide bonds. The fraction of sp³-hybridized carbons (Fsp3) is 0.259. The molecule has 1 N–H and O–H groups in total. The molecule has 0 aromatic heterocycles. The highest BCUT2D eigenvalue weighted by Crippen LogP contribution is 2.35. The van der Waals surface area contributed by atoms with E-state index in [4.69, 9.17) is 9.47 Å². The summed E-state index contributed by atoms with van der Waals surface area (Å²) >= 11 is 3.48. The molecule has 0 radical (unpaired) electrons. The van der Waals surface area contributed by atoms with Crippen molar-refractivity contribution in [1.82, 2.24) is 0 Å². The number of para-hydroxylation sites is 1. The van der Waals surface area contributed by atoms with E-state index in [2.05, 4.69) is 83.3 Å². The molecular formula is C27H30BrNO2. The maximum absolute atomic E-state index is 6.25. The van der Waals surface area contributed by atoms with E-state index in [1.807, 2.05) is 25.1 Å². The van der Waals surface area contributed by atoms with Crippen molar-refractivity contribution >= 4 is 21.6 Å². The normalized spacial score (nSPS) is 10.5. The van der Waals surface area contributed by atoms with Gasteiger partial charge in [0.05, 0.1) is 6.61 Å². The Morgan fingerprint density at radius 1 is 0.935 bits per heavy atom. The summed E-state index contributed by atoms with van der Waals surface area (Å²) in [5.74, 6) is 1.57. The number of nitrogens with one attached hydrogen (secondary N) is 1. The lowest BCUT2D eigenvalue weighted by Crippen LogP contribution is -2.06. The van der Waals surface area contributed by atoms with Gasteiger partial charge in [0.1, 0.15) is 6.61 Å². The molecule has 0 unspecified atom stereocenters. The van der Waals surface area contributed by atoms with Crippen molar-refractivity contribution in [3.05, 3.63) is 100 Å². The number of hydrogen-bond donors (Lipinski definition) is 1. The lowest BCUT2D eigenvalue weighted by Gasteiger charge is -2.18. The molecule has 31 heavy (non-hydrogen) atoms. The van der Waals surface area contributed by atoms with Gasteiger partial charge < -0.3 is 14.8 Å². The van der Waals surface area contributed by atoms with E-state index >= 15 is 0 Å². The molecule has 162 valence electrons. The average Bonchev–Trinajstić information content (AvgIpc) is 2.79. The molecule has 0 aliphatic heterocycles. The maximum Gasteiger partial charge on any atom is 0.165 e. The van der Waals surface area contributed by atoms with Crippen LogP contribution in [0.5, 0.6) is 11.5 Å². The first-order valence-electron chi connectivity index (χ1n) is 10.7. The van der Waals surface area contributed by atoms with Gasteiger partial charge in [0.15, 0.2) is 11.5 Å². The molecule has 3 rings (SSSR count). The third-order valence-electron chi connectivity index (χ3n) is 5.03. The van der Waals surface area contributed by atoms with Crippen molar-refractivity contribution in [2.45, 2.75) is 39.8 Å². The molecule has 0 saturated heterocycles. The van der Waals surface area contributed by atoms with Crippen molar-refractivity contribution in [2.75, 3.05) is 11.9 Å². The predicted octanol–water partition coefficient (Wildman–Crippen LogP) is 7.33. The van der Waals surface area contributed by atoms with Gasteiger partial charge in [-0.05, 0) is 66.8 Å². The SMILES string of the molecule is C=CCc1cc(CNc2ccccc2CC)cc(OCC)c1OCc1ccc(Br)cc1. The summed E-state index contributed by atoms with van der Waals surface area (Å²) in [5, 5.41) is 3.58. The minimum atomic E-state index is 0.485. The summed E-state index contributed by atoms with van der Waals surface area (Å²) in [5.41, 5.74) is 5.83. The zero-order valence-electron chi connectivity index (χ0n) is 18.3. The van der Waals surface area contributed by atoms with E-state index in [9.17, 15) is 0 Å². The number of rotatable bonds is 11. The topological polar surface area (TPSA) is 30.5 Å². The number of aryl methyl sites for hydroxylation is 1. The van der Waals surface area contributed by atoms with Crippen LogP contribution >= 0.6 is 15.9 Å². The Bertz CT molecular complexity index is 999. The van der Waals surface area contributed by atoms with E-state index in [0.717, 1.165) is 45.5 Å². The maximum atomic E-state index is 6.25. The van der Waals surface area contributed by atoms with Crippen molar-refractivity contribution in [2.24, 2.45) is 0 Å². The standard InChI is InChI=1S/C27H30BrNO2/c1-4-9-23-16-21(18-29-25-11-8-7-10-22(25)5-2)17-26(30-6-3)27(23)31-19-20-12-14-24(28)15-13-20/h4,7-8,10-17,29H,1,5-6,9,18-19H2,2-3H3. The van der Waals surface area contributed by atoms with E-state index in [0.29, 0.717) is 19.8 Å². The van der Waals surface area contributed by atoms with E-state index in [1.54, 1.807) is 0 Å². The van der Waals surface area contributed by atoms with Crippen LogP contribution in [-0.2, 0) is 26.0 Å². The smallest absolute Gasteiger partial charge is 0.165 e. The second-order valence-corrected chi connectivity index (χ2v) is 8.20. The van der Waals surface area contributed by atoms with E-state index in [-0.39, 0.29) is 0 Å². The van der Waals surface area contributed by atoms with Crippen LogP contribution in [0.15, 0.2) is 77.8 Å². The average molecular weight is 480 g/mol. The summed E-state index contributed by atoms with van der Waals surface area (Å²) in [7, 11) is 0. The monoisotopic (exact) mass is 479 g/mol. The molecule has 0 aliphatic carbocycles. The first-order chi connectivity index (χ1) is 15.1. The van der Waals surface area contributed by atoms with Crippen LogP contribution in [0.2, 0.25) is 0 Å². The second kappa shape index (κ2) is 11.6. The van der Waals surface area contributed by atoms with Gasteiger partial charge in [-0.15, -0.1) is 6.58 Å². The van der Waals surface area contributed by atoms with E-state index in [1.165, 1.54) is 11.3 Å². The van der Waals surface area contributed by atoms with Gasteiger partial charge in [0.2, 0.25) is 0 Å². The minimum Gasteiger partial charge on any atom is -0.490 e. The highest BCUT2D eigenvalue weighted by molar-refractivity contribution is 9.10. The highest BCUT2D eigenvalue weighted by atomic mass is 79.9. The summed E-state index contributed by atoms with van der Waals surface area (Å²) in [6, 6.07) is 20.9. The second-order valence-electron chi connectivity index (χ2n) is 7.29. The third kappa shape index (κ3) is 6.38. The van der Waals surface area contributed by atoms with Crippen LogP contribution in [0.25, 0.3) is 0 Å². The van der Waals surface area contributed by atoms with Crippen LogP contribution in [0.4, 0.5) is 5.69 Å². The largest absolute Gasteiger partial charge is 0.490 e. The molecule has 0 aliphatic rings. The van der Waals surface area contributed by atoms with Crippen LogP contribution < -0.4 is 14.8 Å². The van der Waals surface area contributed by atoms with Gasteiger partial charge >= 0.3 is 0 Å². The Balaban J connectivity index is 1.84. The predicted molar refractivity (Wildman–Crippen MR) is 133 cm³/mol. The molecule has 0 atom stereocenters. The zero-order chi connectivity index (χ0) is 22.1. The summed E-state index contributed by atoms with van der Waals surface area (Å²) < 4.78 is 13.3. The van der Waals surface area contributed by atoms with Gasteiger partial charge in [-0.3, -0.25) is 0 Å². The van der Waals surface area contributed by atoms with Gasteiger partial charge in [0, 0.05) is 22.3 Å². The van der Waals surface area contributed by atoms with Gasteiger partial charge in [0.25, 0.3) is 0 Å². The Kier molecular flexibility index (Phi) is 8.60. The number of allylic oxidation sites excluding steroid dienone is 1. The van der Waals surface area contributed by atoms with Crippen molar-refractivity contribution < 1.29 is 9.47 Å².